The van der Waals surface area contributed by atoms with Crippen LogP contribution in [0.2, 0.25) is 0 Å². The van der Waals surface area contributed by atoms with Gasteiger partial charge >= 0.3 is 0 Å². The van der Waals surface area contributed by atoms with Crippen molar-refractivity contribution in [2.45, 2.75) is 62.9 Å². The lowest BCUT2D eigenvalue weighted by atomic mass is 9.97. The third kappa shape index (κ3) is 4.80. The molecule has 1 saturated carbocycles. The first-order valence-electron chi connectivity index (χ1n) is 7.61. The standard InChI is InChI=1S/C17H27NOS/c1-13-5-6-14(2)16(11-13)20-10-4-9-17(3,12-19)18-15-7-8-15/h5-6,11,15,18-19H,4,7-10,12H2,1-3H3. The zero-order valence-corrected chi connectivity index (χ0v) is 13.7. The molecule has 0 amide bonds. The van der Waals surface area contributed by atoms with Crippen molar-refractivity contribution >= 4 is 11.8 Å². The molecule has 1 unspecified atom stereocenters. The molecule has 1 aliphatic carbocycles. The van der Waals surface area contributed by atoms with Crippen LogP contribution in [0, 0.1) is 13.8 Å². The van der Waals surface area contributed by atoms with Crippen LogP contribution in [0.3, 0.4) is 0 Å². The lowest BCUT2D eigenvalue weighted by molar-refractivity contribution is 0.163. The Bertz CT molecular complexity index is 445. The smallest absolute Gasteiger partial charge is 0.0610 e. The first kappa shape index (κ1) is 15.9. The van der Waals surface area contributed by atoms with Gasteiger partial charge in [0.1, 0.15) is 0 Å². The number of thioether (sulfide) groups is 1. The van der Waals surface area contributed by atoms with Crippen LogP contribution in [-0.4, -0.2) is 29.0 Å². The molecule has 0 aromatic heterocycles. The SMILES string of the molecule is Cc1ccc(C)c(SCCCC(C)(CO)NC2CC2)c1. The van der Waals surface area contributed by atoms with Crippen molar-refractivity contribution in [2.75, 3.05) is 12.4 Å². The van der Waals surface area contributed by atoms with E-state index in [0.717, 1.165) is 18.6 Å². The van der Waals surface area contributed by atoms with Crippen LogP contribution in [0.4, 0.5) is 0 Å². The highest BCUT2D eigenvalue weighted by molar-refractivity contribution is 7.99. The van der Waals surface area contributed by atoms with Gasteiger partial charge in [0.25, 0.3) is 0 Å². The molecule has 2 nitrogen and oxygen atoms in total. The van der Waals surface area contributed by atoms with Crippen molar-refractivity contribution in [3.63, 3.8) is 0 Å². The molecule has 0 radical (unpaired) electrons. The maximum atomic E-state index is 9.59. The second kappa shape index (κ2) is 6.97. The summed E-state index contributed by atoms with van der Waals surface area (Å²) in [6.07, 6.45) is 4.71. The average Bonchev–Trinajstić information content (AvgIpc) is 3.22. The Morgan fingerprint density at radius 2 is 2.10 bits per heavy atom. The van der Waals surface area contributed by atoms with E-state index < -0.39 is 0 Å². The van der Waals surface area contributed by atoms with Gasteiger partial charge in [0.2, 0.25) is 0 Å². The van der Waals surface area contributed by atoms with Gasteiger partial charge in [0.05, 0.1) is 6.61 Å². The van der Waals surface area contributed by atoms with Gasteiger partial charge in [-0.25, -0.2) is 0 Å². The third-order valence-electron chi connectivity index (χ3n) is 3.95. The molecule has 3 heteroatoms. The Hall–Kier alpha value is -0.510. The summed E-state index contributed by atoms with van der Waals surface area (Å²) in [5.41, 5.74) is 2.60. The van der Waals surface area contributed by atoms with Crippen LogP contribution in [-0.2, 0) is 0 Å². The Morgan fingerprint density at radius 3 is 2.75 bits per heavy atom. The van der Waals surface area contributed by atoms with E-state index in [0.29, 0.717) is 6.04 Å². The van der Waals surface area contributed by atoms with E-state index in [-0.39, 0.29) is 12.1 Å². The summed E-state index contributed by atoms with van der Waals surface area (Å²) < 4.78 is 0. The van der Waals surface area contributed by atoms with Gasteiger partial charge in [0.15, 0.2) is 0 Å². The summed E-state index contributed by atoms with van der Waals surface area (Å²) in [5, 5.41) is 13.2. The van der Waals surface area contributed by atoms with E-state index in [9.17, 15) is 5.11 Å². The van der Waals surface area contributed by atoms with Gasteiger partial charge in [-0.3, -0.25) is 0 Å². The molecule has 112 valence electrons. The number of aryl methyl sites for hydroxylation is 2. The number of aliphatic hydroxyl groups excluding tert-OH is 1. The monoisotopic (exact) mass is 293 g/mol. The van der Waals surface area contributed by atoms with Gasteiger partial charge in [-0.05, 0) is 63.8 Å². The molecule has 20 heavy (non-hydrogen) atoms. The van der Waals surface area contributed by atoms with Gasteiger partial charge < -0.3 is 10.4 Å². The van der Waals surface area contributed by atoms with Crippen molar-refractivity contribution in [1.29, 1.82) is 0 Å². The van der Waals surface area contributed by atoms with Crippen molar-refractivity contribution in [3.8, 4) is 0 Å². The number of aliphatic hydroxyl groups is 1. The number of hydrogen-bond donors (Lipinski definition) is 2. The van der Waals surface area contributed by atoms with Crippen LogP contribution in [0.5, 0.6) is 0 Å². The van der Waals surface area contributed by atoms with Gasteiger partial charge in [-0.2, -0.15) is 0 Å². The molecule has 1 aromatic rings. The summed E-state index contributed by atoms with van der Waals surface area (Å²) in [5.74, 6) is 1.12. The molecule has 0 spiro atoms. The normalized spacial score (nSPS) is 18.0. The molecule has 0 bridgehead atoms. The second-order valence-corrected chi connectivity index (χ2v) is 7.50. The third-order valence-corrected chi connectivity index (χ3v) is 5.20. The lowest BCUT2D eigenvalue weighted by Gasteiger charge is -2.29. The largest absolute Gasteiger partial charge is 0.394 e. The van der Waals surface area contributed by atoms with E-state index in [1.165, 1.54) is 28.9 Å². The zero-order valence-electron chi connectivity index (χ0n) is 12.9. The average molecular weight is 293 g/mol. The minimum atomic E-state index is -0.0939. The van der Waals surface area contributed by atoms with E-state index in [2.05, 4.69) is 44.3 Å². The number of hydrogen-bond acceptors (Lipinski definition) is 3. The zero-order chi connectivity index (χ0) is 14.6. The molecule has 0 aliphatic heterocycles. The minimum Gasteiger partial charge on any atom is -0.394 e. The Labute approximate surface area is 127 Å². The van der Waals surface area contributed by atoms with Gasteiger partial charge in [0, 0.05) is 16.5 Å². The quantitative estimate of drug-likeness (QED) is 0.566. The van der Waals surface area contributed by atoms with E-state index in [1.807, 2.05) is 11.8 Å². The molecule has 1 aliphatic rings. The van der Waals surface area contributed by atoms with Crippen molar-refractivity contribution in [1.82, 2.24) is 5.32 Å². The van der Waals surface area contributed by atoms with Crippen LogP contribution >= 0.6 is 11.8 Å². The van der Waals surface area contributed by atoms with Gasteiger partial charge in [-0.15, -0.1) is 11.8 Å². The van der Waals surface area contributed by atoms with E-state index >= 15 is 0 Å². The van der Waals surface area contributed by atoms with Crippen LogP contribution in [0.15, 0.2) is 23.1 Å². The molecule has 1 fully saturated rings. The van der Waals surface area contributed by atoms with Crippen LogP contribution in [0.25, 0.3) is 0 Å². The highest BCUT2D eigenvalue weighted by Gasteiger charge is 2.31. The predicted molar refractivity (Wildman–Crippen MR) is 87.5 cm³/mol. The molecule has 2 rings (SSSR count). The topological polar surface area (TPSA) is 32.3 Å². The van der Waals surface area contributed by atoms with Crippen molar-refractivity contribution < 1.29 is 5.11 Å². The fraction of sp³-hybridized carbons (Fsp3) is 0.647. The summed E-state index contributed by atoms with van der Waals surface area (Å²) in [4.78, 5) is 1.39. The fourth-order valence-electron chi connectivity index (χ4n) is 2.42. The highest BCUT2D eigenvalue weighted by Crippen LogP contribution is 2.27. The van der Waals surface area contributed by atoms with Crippen LogP contribution < -0.4 is 5.32 Å². The molecule has 1 atom stereocenters. The maximum absolute atomic E-state index is 9.59. The minimum absolute atomic E-state index is 0.0939. The summed E-state index contributed by atoms with van der Waals surface area (Å²) in [6.45, 7) is 6.70. The summed E-state index contributed by atoms with van der Waals surface area (Å²) >= 11 is 1.94. The first-order valence-corrected chi connectivity index (χ1v) is 8.59. The number of benzene rings is 1. The summed E-state index contributed by atoms with van der Waals surface area (Å²) in [7, 11) is 0. The Balaban J connectivity index is 1.76. The lowest BCUT2D eigenvalue weighted by Crippen LogP contribution is -2.46. The summed E-state index contributed by atoms with van der Waals surface area (Å²) in [6, 6.07) is 7.29. The Morgan fingerprint density at radius 1 is 1.35 bits per heavy atom. The molecular formula is C17H27NOS. The molecule has 1 aromatic carbocycles. The molecular weight excluding hydrogens is 266 g/mol. The van der Waals surface area contributed by atoms with E-state index in [4.69, 9.17) is 0 Å². The van der Waals surface area contributed by atoms with Crippen molar-refractivity contribution in [2.24, 2.45) is 0 Å². The maximum Gasteiger partial charge on any atom is 0.0610 e. The van der Waals surface area contributed by atoms with E-state index in [1.54, 1.807) is 0 Å². The van der Waals surface area contributed by atoms with Gasteiger partial charge in [-0.1, -0.05) is 17.7 Å². The second-order valence-electron chi connectivity index (χ2n) is 6.36. The first-order chi connectivity index (χ1) is 9.52. The molecule has 0 heterocycles. The number of rotatable bonds is 8. The fourth-order valence-corrected chi connectivity index (χ4v) is 3.50. The molecule has 2 N–H and O–H groups in total. The van der Waals surface area contributed by atoms with Crippen LogP contribution in [0.1, 0.15) is 43.7 Å². The highest BCUT2D eigenvalue weighted by atomic mass is 32.2. The predicted octanol–water partition coefficient (Wildman–Crippen LogP) is 3.68. The number of nitrogens with one attached hydrogen (secondary N) is 1. The Kier molecular flexibility index (Phi) is 5.53. The van der Waals surface area contributed by atoms with Crippen molar-refractivity contribution in [3.05, 3.63) is 29.3 Å². The molecule has 0 saturated heterocycles.